The molecular formula is C24H35N3O5. The first kappa shape index (κ1) is 25.4. The fourth-order valence-corrected chi connectivity index (χ4v) is 3.88. The molecular weight excluding hydrogens is 410 g/mol. The standard InChI is InChI=1S/C24H35N3O5/c1-16(28)19-13-9-10-14-20(19)27(17(2)29)21(15-25-23(31)32-24(3,4)5)22(30)26-18-11-7-6-8-12-18/h9-10,13-14,18,21H,6-8,11-12,15H2,1-5H3,(H,25,31)(H,26,30). The van der Waals surface area contributed by atoms with E-state index in [4.69, 9.17) is 4.74 Å². The average molecular weight is 446 g/mol. The number of benzene rings is 1. The van der Waals surface area contributed by atoms with Gasteiger partial charge in [-0.2, -0.15) is 0 Å². The smallest absolute Gasteiger partial charge is 0.407 e. The zero-order chi connectivity index (χ0) is 23.9. The molecule has 1 aliphatic rings. The molecule has 2 rings (SSSR count). The van der Waals surface area contributed by atoms with Crippen molar-refractivity contribution >= 4 is 29.4 Å². The predicted octanol–water partition coefficient (Wildman–Crippen LogP) is 3.58. The van der Waals surface area contributed by atoms with Gasteiger partial charge in [-0.1, -0.05) is 31.4 Å². The highest BCUT2D eigenvalue weighted by atomic mass is 16.6. The van der Waals surface area contributed by atoms with E-state index in [0.717, 1.165) is 32.1 Å². The van der Waals surface area contributed by atoms with Gasteiger partial charge in [0.05, 0.1) is 12.2 Å². The van der Waals surface area contributed by atoms with Gasteiger partial charge in [-0.05, 0) is 52.7 Å². The monoisotopic (exact) mass is 445 g/mol. The van der Waals surface area contributed by atoms with E-state index >= 15 is 0 Å². The van der Waals surface area contributed by atoms with Crippen molar-refractivity contribution in [3.63, 3.8) is 0 Å². The Labute approximate surface area is 190 Å². The molecule has 1 atom stereocenters. The zero-order valence-electron chi connectivity index (χ0n) is 19.7. The van der Waals surface area contributed by atoms with Crippen molar-refractivity contribution in [1.82, 2.24) is 10.6 Å². The molecule has 32 heavy (non-hydrogen) atoms. The summed E-state index contributed by atoms with van der Waals surface area (Å²) < 4.78 is 5.29. The summed E-state index contributed by atoms with van der Waals surface area (Å²) in [7, 11) is 0. The Morgan fingerprint density at radius 3 is 2.25 bits per heavy atom. The number of ether oxygens (including phenoxy) is 1. The minimum Gasteiger partial charge on any atom is -0.444 e. The van der Waals surface area contributed by atoms with Crippen LogP contribution in [0.2, 0.25) is 0 Å². The van der Waals surface area contributed by atoms with Gasteiger partial charge in [0, 0.05) is 18.5 Å². The summed E-state index contributed by atoms with van der Waals surface area (Å²) in [4.78, 5) is 51.8. The van der Waals surface area contributed by atoms with Crippen LogP contribution < -0.4 is 15.5 Å². The van der Waals surface area contributed by atoms with Gasteiger partial charge in [0.15, 0.2) is 5.78 Å². The first-order chi connectivity index (χ1) is 15.0. The van der Waals surface area contributed by atoms with Gasteiger partial charge in [-0.15, -0.1) is 0 Å². The van der Waals surface area contributed by atoms with E-state index in [0.29, 0.717) is 11.3 Å². The number of amides is 3. The van der Waals surface area contributed by atoms with E-state index in [-0.39, 0.29) is 24.3 Å². The Kier molecular flexibility index (Phi) is 8.80. The summed E-state index contributed by atoms with van der Waals surface area (Å²) in [6.07, 6.45) is 4.28. The minimum atomic E-state index is -1.04. The number of nitrogens with zero attached hydrogens (tertiary/aromatic N) is 1. The van der Waals surface area contributed by atoms with Crippen molar-refractivity contribution in [3.8, 4) is 0 Å². The van der Waals surface area contributed by atoms with Crippen molar-refractivity contribution in [2.24, 2.45) is 0 Å². The number of nitrogens with one attached hydrogen (secondary N) is 2. The van der Waals surface area contributed by atoms with Crippen LogP contribution in [0.15, 0.2) is 24.3 Å². The number of hydrogen-bond donors (Lipinski definition) is 2. The van der Waals surface area contributed by atoms with E-state index in [1.165, 1.54) is 18.7 Å². The number of alkyl carbamates (subject to hydrolysis) is 1. The van der Waals surface area contributed by atoms with Gasteiger partial charge in [0.2, 0.25) is 11.8 Å². The highest BCUT2D eigenvalue weighted by Gasteiger charge is 2.33. The molecule has 3 amide bonds. The molecule has 0 aliphatic heterocycles. The topological polar surface area (TPSA) is 105 Å². The summed E-state index contributed by atoms with van der Waals surface area (Å²) in [6.45, 7) is 7.82. The summed E-state index contributed by atoms with van der Waals surface area (Å²) in [5.41, 5.74) is -0.0384. The quantitative estimate of drug-likeness (QED) is 0.624. The van der Waals surface area contributed by atoms with Crippen molar-refractivity contribution in [1.29, 1.82) is 0 Å². The second-order valence-corrected chi connectivity index (χ2v) is 9.20. The first-order valence-electron chi connectivity index (χ1n) is 11.2. The van der Waals surface area contributed by atoms with E-state index in [9.17, 15) is 19.2 Å². The van der Waals surface area contributed by atoms with Crippen LogP contribution >= 0.6 is 0 Å². The van der Waals surface area contributed by atoms with Gasteiger partial charge in [-0.25, -0.2) is 4.79 Å². The second kappa shape index (κ2) is 11.1. The number of carbonyl (C=O) groups is 4. The molecule has 1 fully saturated rings. The van der Waals surface area contributed by atoms with Crippen LogP contribution in [-0.2, 0) is 14.3 Å². The summed E-state index contributed by atoms with van der Waals surface area (Å²) >= 11 is 0. The van der Waals surface area contributed by atoms with Crippen LogP contribution in [0, 0.1) is 0 Å². The van der Waals surface area contributed by atoms with E-state index in [1.54, 1.807) is 45.0 Å². The van der Waals surface area contributed by atoms with Crippen molar-refractivity contribution < 1.29 is 23.9 Å². The molecule has 1 aliphatic carbocycles. The van der Waals surface area contributed by atoms with Gasteiger partial charge in [0.25, 0.3) is 0 Å². The summed E-state index contributed by atoms with van der Waals surface area (Å²) in [5, 5.41) is 5.65. The molecule has 0 radical (unpaired) electrons. The number of hydrogen-bond acceptors (Lipinski definition) is 5. The average Bonchev–Trinajstić information content (AvgIpc) is 2.70. The molecule has 0 aromatic heterocycles. The molecule has 0 saturated heterocycles. The van der Waals surface area contributed by atoms with Crippen LogP contribution in [0.4, 0.5) is 10.5 Å². The van der Waals surface area contributed by atoms with Gasteiger partial charge >= 0.3 is 6.09 Å². The number of ketones is 1. The van der Waals surface area contributed by atoms with E-state index in [2.05, 4.69) is 10.6 Å². The number of anilines is 1. The van der Waals surface area contributed by atoms with E-state index in [1.807, 2.05) is 0 Å². The van der Waals surface area contributed by atoms with E-state index < -0.39 is 23.6 Å². The van der Waals surface area contributed by atoms with Gasteiger partial charge < -0.3 is 15.4 Å². The lowest BCUT2D eigenvalue weighted by molar-refractivity contribution is -0.126. The van der Waals surface area contributed by atoms with Crippen LogP contribution in [0.3, 0.4) is 0 Å². The maximum absolute atomic E-state index is 13.3. The lowest BCUT2D eigenvalue weighted by atomic mass is 9.95. The Hall–Kier alpha value is -2.90. The number of carbonyl (C=O) groups excluding carboxylic acids is 4. The fourth-order valence-electron chi connectivity index (χ4n) is 3.88. The normalized spacial score (nSPS) is 15.4. The molecule has 8 nitrogen and oxygen atoms in total. The molecule has 1 aromatic rings. The number of rotatable bonds is 7. The highest BCUT2D eigenvalue weighted by molar-refractivity contribution is 6.07. The molecule has 2 N–H and O–H groups in total. The fraction of sp³-hybridized carbons (Fsp3) is 0.583. The minimum absolute atomic E-state index is 0.0251. The molecule has 8 heteroatoms. The Morgan fingerprint density at radius 1 is 1.06 bits per heavy atom. The molecule has 0 spiro atoms. The zero-order valence-corrected chi connectivity index (χ0v) is 19.7. The van der Waals surface area contributed by atoms with Gasteiger partial charge in [0.1, 0.15) is 11.6 Å². The Bertz CT molecular complexity index is 840. The lowest BCUT2D eigenvalue weighted by Crippen LogP contribution is -2.57. The summed E-state index contributed by atoms with van der Waals surface area (Å²) in [6, 6.07) is 5.64. The second-order valence-electron chi connectivity index (χ2n) is 9.20. The molecule has 1 aromatic carbocycles. The number of para-hydroxylation sites is 1. The molecule has 1 saturated carbocycles. The third kappa shape index (κ3) is 7.35. The Balaban J connectivity index is 2.35. The largest absolute Gasteiger partial charge is 0.444 e. The van der Waals surface area contributed by atoms with Crippen molar-refractivity contribution in [3.05, 3.63) is 29.8 Å². The van der Waals surface area contributed by atoms with Crippen molar-refractivity contribution in [2.75, 3.05) is 11.4 Å². The molecule has 176 valence electrons. The van der Waals surface area contributed by atoms with Gasteiger partial charge in [-0.3, -0.25) is 19.3 Å². The maximum atomic E-state index is 13.3. The van der Waals surface area contributed by atoms with Crippen LogP contribution in [-0.4, -0.2) is 47.9 Å². The first-order valence-corrected chi connectivity index (χ1v) is 11.2. The van der Waals surface area contributed by atoms with Crippen LogP contribution in [0.25, 0.3) is 0 Å². The third-order valence-electron chi connectivity index (χ3n) is 5.29. The highest BCUT2D eigenvalue weighted by Crippen LogP contribution is 2.24. The molecule has 0 bridgehead atoms. The Morgan fingerprint density at radius 2 is 1.69 bits per heavy atom. The van der Waals surface area contributed by atoms with Crippen LogP contribution in [0.5, 0.6) is 0 Å². The lowest BCUT2D eigenvalue weighted by Gasteiger charge is -2.33. The summed E-state index contributed by atoms with van der Waals surface area (Å²) in [5.74, 6) is -1.01. The van der Waals surface area contributed by atoms with Crippen LogP contribution in [0.1, 0.15) is 77.1 Å². The maximum Gasteiger partial charge on any atom is 0.407 e. The molecule has 0 heterocycles. The predicted molar refractivity (Wildman–Crippen MR) is 123 cm³/mol. The van der Waals surface area contributed by atoms with Crippen molar-refractivity contribution in [2.45, 2.75) is 84.4 Å². The SMILES string of the molecule is CC(=O)c1ccccc1N(C(C)=O)C(CNC(=O)OC(C)(C)C)C(=O)NC1CCCCC1. The third-order valence-corrected chi connectivity index (χ3v) is 5.29. The molecule has 1 unspecified atom stereocenters. The number of Topliss-reactive ketones (excluding diaryl/α,β-unsaturated/α-hetero) is 1.